The van der Waals surface area contributed by atoms with E-state index in [9.17, 15) is 0 Å². The molecular weight excluding hydrogens is 224 g/mol. The van der Waals surface area contributed by atoms with Crippen molar-refractivity contribution in [3.05, 3.63) is 0 Å². The largest absolute Gasteiger partial charge is 0.463 e. The van der Waals surface area contributed by atoms with Gasteiger partial charge in [0.25, 0.3) is 0 Å². The molecular formula is C11H25BClNO2. The van der Waals surface area contributed by atoms with Gasteiger partial charge in [0, 0.05) is 5.31 Å². The monoisotopic (exact) mass is 249 g/mol. The van der Waals surface area contributed by atoms with Crippen LogP contribution in [0.25, 0.3) is 0 Å². The van der Waals surface area contributed by atoms with E-state index in [0.717, 1.165) is 6.42 Å². The lowest BCUT2D eigenvalue weighted by Crippen LogP contribution is -2.41. The first-order chi connectivity index (χ1) is 6.62. The van der Waals surface area contributed by atoms with Gasteiger partial charge < -0.3 is 15.0 Å². The van der Waals surface area contributed by atoms with Crippen molar-refractivity contribution < 1.29 is 9.31 Å². The fraction of sp³-hybridized carbons (Fsp3) is 1.00. The molecule has 1 rings (SSSR count). The Morgan fingerprint density at radius 1 is 1.06 bits per heavy atom. The van der Waals surface area contributed by atoms with Crippen LogP contribution in [0.4, 0.5) is 0 Å². The summed E-state index contributed by atoms with van der Waals surface area (Å²) >= 11 is 0. The van der Waals surface area contributed by atoms with Crippen molar-refractivity contribution >= 4 is 19.5 Å². The number of rotatable bonds is 3. The SMILES string of the molecule is CC(C)(CCN)B1OC(C)(C)C(C)(C)O1.Cl. The predicted molar refractivity (Wildman–Crippen MR) is 71.0 cm³/mol. The van der Waals surface area contributed by atoms with Gasteiger partial charge in [-0.3, -0.25) is 0 Å². The summed E-state index contributed by atoms with van der Waals surface area (Å²) in [6, 6.07) is 0. The Hall–Kier alpha value is 0.235. The quantitative estimate of drug-likeness (QED) is 0.782. The van der Waals surface area contributed by atoms with Crippen LogP contribution in [0.3, 0.4) is 0 Å². The molecule has 0 bridgehead atoms. The van der Waals surface area contributed by atoms with Crippen LogP contribution in [0.2, 0.25) is 5.31 Å². The zero-order valence-electron chi connectivity index (χ0n) is 11.3. The highest BCUT2D eigenvalue weighted by Crippen LogP contribution is 2.45. The molecule has 1 aliphatic heterocycles. The molecule has 96 valence electrons. The van der Waals surface area contributed by atoms with Crippen molar-refractivity contribution in [2.75, 3.05) is 6.54 Å². The van der Waals surface area contributed by atoms with E-state index in [1.165, 1.54) is 0 Å². The van der Waals surface area contributed by atoms with Crippen molar-refractivity contribution in [1.82, 2.24) is 0 Å². The first-order valence-corrected chi connectivity index (χ1v) is 5.68. The number of hydrogen-bond donors (Lipinski definition) is 1. The van der Waals surface area contributed by atoms with Crippen LogP contribution in [0.5, 0.6) is 0 Å². The van der Waals surface area contributed by atoms with Crippen LogP contribution < -0.4 is 5.73 Å². The van der Waals surface area contributed by atoms with Gasteiger partial charge in [0.2, 0.25) is 0 Å². The predicted octanol–water partition coefficient (Wildman–Crippen LogP) is 2.63. The molecule has 3 nitrogen and oxygen atoms in total. The highest BCUT2D eigenvalue weighted by atomic mass is 35.5. The van der Waals surface area contributed by atoms with Crippen molar-refractivity contribution in [3.8, 4) is 0 Å². The van der Waals surface area contributed by atoms with E-state index in [1.54, 1.807) is 0 Å². The smallest absolute Gasteiger partial charge is 0.403 e. The van der Waals surface area contributed by atoms with E-state index in [2.05, 4.69) is 41.5 Å². The molecule has 1 fully saturated rings. The molecule has 0 spiro atoms. The number of hydrogen-bond acceptors (Lipinski definition) is 3. The standard InChI is InChI=1S/C11H24BNO2.ClH/c1-9(2,7-8-13)12-14-10(3,4)11(5,6)15-12;/h7-8,13H2,1-6H3;1H. The average molecular weight is 250 g/mol. The molecule has 5 heteroatoms. The molecule has 0 unspecified atom stereocenters. The maximum absolute atomic E-state index is 6.00. The molecule has 1 aliphatic rings. The Bertz CT molecular complexity index is 228. The minimum Gasteiger partial charge on any atom is -0.403 e. The summed E-state index contributed by atoms with van der Waals surface area (Å²) in [5.74, 6) is 0. The van der Waals surface area contributed by atoms with Crippen molar-refractivity contribution in [1.29, 1.82) is 0 Å². The number of nitrogens with two attached hydrogens (primary N) is 1. The molecule has 0 atom stereocenters. The maximum Gasteiger partial charge on any atom is 0.463 e. The minimum atomic E-state index is -0.246. The van der Waals surface area contributed by atoms with Crippen molar-refractivity contribution in [2.45, 2.75) is 64.5 Å². The summed E-state index contributed by atoms with van der Waals surface area (Å²) in [6.07, 6.45) is 0.907. The first-order valence-electron chi connectivity index (χ1n) is 5.68. The molecule has 16 heavy (non-hydrogen) atoms. The van der Waals surface area contributed by atoms with Gasteiger partial charge in [0.1, 0.15) is 0 Å². The van der Waals surface area contributed by atoms with E-state index >= 15 is 0 Å². The van der Waals surface area contributed by atoms with E-state index < -0.39 is 0 Å². The van der Waals surface area contributed by atoms with Crippen molar-refractivity contribution in [2.24, 2.45) is 5.73 Å². The van der Waals surface area contributed by atoms with Gasteiger partial charge in [0.05, 0.1) is 11.2 Å². The third-order valence-electron chi connectivity index (χ3n) is 3.68. The molecule has 0 amide bonds. The molecule has 0 aliphatic carbocycles. The third-order valence-corrected chi connectivity index (χ3v) is 3.68. The zero-order chi connectivity index (χ0) is 11.9. The van der Waals surface area contributed by atoms with Crippen LogP contribution in [0, 0.1) is 0 Å². The van der Waals surface area contributed by atoms with Gasteiger partial charge in [0.15, 0.2) is 0 Å². The lowest BCUT2D eigenvalue weighted by molar-refractivity contribution is 0.00578. The molecule has 1 saturated heterocycles. The van der Waals surface area contributed by atoms with E-state index in [4.69, 9.17) is 15.0 Å². The Morgan fingerprint density at radius 2 is 1.44 bits per heavy atom. The summed E-state index contributed by atoms with van der Waals surface area (Å²) in [4.78, 5) is 0. The van der Waals surface area contributed by atoms with Gasteiger partial charge in [-0.1, -0.05) is 13.8 Å². The van der Waals surface area contributed by atoms with E-state index in [1.807, 2.05) is 0 Å². The molecule has 0 aromatic carbocycles. The minimum absolute atomic E-state index is 0. The summed E-state index contributed by atoms with van der Waals surface area (Å²) < 4.78 is 12.0. The summed E-state index contributed by atoms with van der Waals surface area (Å²) in [5, 5.41) is -0.0280. The van der Waals surface area contributed by atoms with Crippen LogP contribution >= 0.6 is 12.4 Å². The first kappa shape index (κ1) is 16.2. The van der Waals surface area contributed by atoms with Gasteiger partial charge in [-0.25, -0.2) is 0 Å². The molecule has 0 radical (unpaired) electrons. The van der Waals surface area contributed by atoms with Crippen LogP contribution in [0.15, 0.2) is 0 Å². The van der Waals surface area contributed by atoms with Crippen molar-refractivity contribution in [3.63, 3.8) is 0 Å². The molecule has 0 saturated carbocycles. The Kier molecular flexibility index (Phi) is 4.92. The summed E-state index contributed by atoms with van der Waals surface area (Å²) in [7, 11) is -0.161. The lowest BCUT2D eigenvalue weighted by Gasteiger charge is -2.32. The van der Waals surface area contributed by atoms with Gasteiger partial charge >= 0.3 is 7.12 Å². The molecule has 0 aromatic heterocycles. The van der Waals surface area contributed by atoms with Gasteiger partial charge in [-0.15, -0.1) is 12.4 Å². The third kappa shape index (κ3) is 2.92. The van der Waals surface area contributed by atoms with E-state index in [0.29, 0.717) is 6.54 Å². The van der Waals surface area contributed by atoms with Crippen LogP contribution in [0.1, 0.15) is 48.0 Å². The fourth-order valence-corrected chi connectivity index (χ4v) is 1.65. The lowest BCUT2D eigenvalue weighted by atomic mass is 9.58. The van der Waals surface area contributed by atoms with Gasteiger partial charge in [-0.2, -0.15) is 0 Å². The normalized spacial score (nSPS) is 23.1. The number of halogens is 1. The second-order valence-corrected chi connectivity index (χ2v) is 6.12. The molecule has 2 N–H and O–H groups in total. The Labute approximate surface area is 106 Å². The second kappa shape index (κ2) is 4.85. The Balaban J connectivity index is 0.00000225. The molecule has 1 heterocycles. The zero-order valence-corrected chi connectivity index (χ0v) is 12.1. The van der Waals surface area contributed by atoms with E-state index in [-0.39, 0.29) is 36.0 Å². The van der Waals surface area contributed by atoms with Crippen LogP contribution in [-0.2, 0) is 9.31 Å². The summed E-state index contributed by atoms with van der Waals surface area (Å²) in [6.45, 7) is 13.2. The highest BCUT2D eigenvalue weighted by Gasteiger charge is 2.55. The summed E-state index contributed by atoms with van der Waals surface area (Å²) in [5.41, 5.74) is 5.11. The Morgan fingerprint density at radius 3 is 1.75 bits per heavy atom. The average Bonchev–Trinajstić information content (AvgIpc) is 2.21. The highest BCUT2D eigenvalue weighted by molar-refractivity contribution is 6.49. The van der Waals surface area contributed by atoms with Gasteiger partial charge in [-0.05, 0) is 40.7 Å². The fourth-order valence-electron chi connectivity index (χ4n) is 1.65. The van der Waals surface area contributed by atoms with Crippen LogP contribution in [-0.4, -0.2) is 24.9 Å². The topological polar surface area (TPSA) is 44.5 Å². The molecule has 0 aromatic rings. The maximum atomic E-state index is 6.00. The second-order valence-electron chi connectivity index (χ2n) is 6.12.